The van der Waals surface area contributed by atoms with Crippen molar-refractivity contribution in [1.29, 1.82) is 5.26 Å². The second kappa shape index (κ2) is 7.06. The second-order valence-electron chi connectivity index (χ2n) is 5.48. The van der Waals surface area contributed by atoms with E-state index in [2.05, 4.69) is 11.4 Å². The van der Waals surface area contributed by atoms with Crippen molar-refractivity contribution in [3.8, 4) is 6.07 Å². The van der Waals surface area contributed by atoms with Gasteiger partial charge in [0.2, 0.25) is 5.91 Å². The van der Waals surface area contributed by atoms with Gasteiger partial charge in [0.1, 0.15) is 0 Å². The molecule has 0 unspecified atom stereocenters. The standard InChI is InChI=1S/C16H21N3O/c17-9-12-1-3-14(4-2-12)11-19-16(20)15-7-5-13(10-18)6-8-15/h1-4,13,15H,5-8,10-11,18H2,(H,19,20). The van der Waals surface area contributed by atoms with Gasteiger partial charge in [-0.15, -0.1) is 0 Å². The number of hydrogen-bond acceptors (Lipinski definition) is 3. The minimum atomic E-state index is 0.135. The molecule has 0 saturated heterocycles. The zero-order valence-corrected chi connectivity index (χ0v) is 11.6. The van der Waals surface area contributed by atoms with Crippen LogP contribution in [-0.2, 0) is 11.3 Å². The van der Waals surface area contributed by atoms with Crippen LogP contribution >= 0.6 is 0 Å². The number of nitrogens with zero attached hydrogens (tertiary/aromatic N) is 1. The quantitative estimate of drug-likeness (QED) is 0.878. The fourth-order valence-electron chi connectivity index (χ4n) is 2.69. The van der Waals surface area contributed by atoms with Crippen molar-refractivity contribution in [3.05, 3.63) is 35.4 Å². The largest absolute Gasteiger partial charge is 0.352 e. The van der Waals surface area contributed by atoms with E-state index in [0.717, 1.165) is 37.8 Å². The molecule has 1 saturated carbocycles. The second-order valence-corrected chi connectivity index (χ2v) is 5.48. The van der Waals surface area contributed by atoms with E-state index in [1.54, 1.807) is 12.1 Å². The van der Waals surface area contributed by atoms with E-state index >= 15 is 0 Å². The van der Waals surface area contributed by atoms with Gasteiger partial charge in [-0.2, -0.15) is 5.26 Å². The van der Waals surface area contributed by atoms with Crippen LogP contribution in [-0.4, -0.2) is 12.5 Å². The summed E-state index contributed by atoms with van der Waals surface area (Å²) < 4.78 is 0. The zero-order valence-electron chi connectivity index (χ0n) is 11.6. The number of carbonyl (C=O) groups excluding carboxylic acids is 1. The molecule has 0 radical (unpaired) electrons. The number of carbonyl (C=O) groups is 1. The molecule has 1 fully saturated rings. The van der Waals surface area contributed by atoms with Crippen molar-refractivity contribution in [2.45, 2.75) is 32.2 Å². The first-order valence-corrected chi connectivity index (χ1v) is 7.19. The molecule has 4 heteroatoms. The summed E-state index contributed by atoms with van der Waals surface area (Å²) in [6.45, 7) is 1.26. The van der Waals surface area contributed by atoms with Gasteiger partial charge in [-0.1, -0.05) is 12.1 Å². The maximum atomic E-state index is 12.1. The molecular weight excluding hydrogens is 250 g/mol. The Labute approximate surface area is 120 Å². The molecule has 1 amide bonds. The van der Waals surface area contributed by atoms with Crippen LogP contribution in [0.2, 0.25) is 0 Å². The molecule has 20 heavy (non-hydrogen) atoms. The maximum absolute atomic E-state index is 12.1. The van der Waals surface area contributed by atoms with Gasteiger partial charge in [0.15, 0.2) is 0 Å². The van der Waals surface area contributed by atoms with Crippen molar-refractivity contribution in [1.82, 2.24) is 5.32 Å². The van der Waals surface area contributed by atoms with E-state index in [0.29, 0.717) is 18.0 Å². The molecule has 0 heterocycles. The average molecular weight is 271 g/mol. The van der Waals surface area contributed by atoms with E-state index < -0.39 is 0 Å². The number of nitrogens with one attached hydrogen (secondary N) is 1. The first-order chi connectivity index (χ1) is 9.72. The summed E-state index contributed by atoms with van der Waals surface area (Å²) in [6.07, 6.45) is 4.01. The summed E-state index contributed by atoms with van der Waals surface area (Å²) in [7, 11) is 0. The Balaban J connectivity index is 1.79. The Morgan fingerprint density at radius 3 is 2.45 bits per heavy atom. The van der Waals surface area contributed by atoms with Crippen molar-refractivity contribution in [2.24, 2.45) is 17.6 Å². The fraction of sp³-hybridized carbons (Fsp3) is 0.500. The molecule has 1 aromatic carbocycles. The lowest BCUT2D eigenvalue weighted by atomic mass is 9.81. The predicted octanol–water partition coefficient (Wildman–Crippen LogP) is 1.94. The lowest BCUT2D eigenvalue weighted by Crippen LogP contribution is -2.33. The Morgan fingerprint density at radius 1 is 1.25 bits per heavy atom. The number of amides is 1. The third-order valence-electron chi connectivity index (χ3n) is 4.10. The van der Waals surface area contributed by atoms with Crippen LogP contribution in [0.4, 0.5) is 0 Å². The maximum Gasteiger partial charge on any atom is 0.223 e. The van der Waals surface area contributed by atoms with Gasteiger partial charge in [0.25, 0.3) is 0 Å². The van der Waals surface area contributed by atoms with E-state index in [4.69, 9.17) is 11.0 Å². The lowest BCUT2D eigenvalue weighted by molar-refractivity contribution is -0.126. The molecule has 1 aromatic rings. The van der Waals surface area contributed by atoms with Crippen LogP contribution < -0.4 is 11.1 Å². The summed E-state index contributed by atoms with van der Waals surface area (Å²) in [4.78, 5) is 12.1. The van der Waals surface area contributed by atoms with Crippen molar-refractivity contribution in [3.63, 3.8) is 0 Å². The summed E-state index contributed by atoms with van der Waals surface area (Å²) in [5.41, 5.74) is 7.32. The van der Waals surface area contributed by atoms with E-state index in [1.165, 1.54) is 0 Å². The molecule has 106 valence electrons. The summed E-state index contributed by atoms with van der Waals surface area (Å²) >= 11 is 0. The third kappa shape index (κ3) is 3.82. The van der Waals surface area contributed by atoms with Crippen molar-refractivity contribution < 1.29 is 4.79 Å². The smallest absolute Gasteiger partial charge is 0.223 e. The highest BCUT2D eigenvalue weighted by atomic mass is 16.1. The molecule has 2 rings (SSSR count). The first kappa shape index (κ1) is 14.5. The molecule has 3 N–H and O–H groups in total. The molecule has 0 aliphatic heterocycles. The first-order valence-electron chi connectivity index (χ1n) is 7.19. The van der Waals surface area contributed by atoms with Crippen LogP contribution in [0.5, 0.6) is 0 Å². The molecule has 0 aromatic heterocycles. The van der Waals surface area contributed by atoms with Gasteiger partial charge in [-0.3, -0.25) is 4.79 Å². The third-order valence-corrected chi connectivity index (χ3v) is 4.10. The Hall–Kier alpha value is -1.86. The van der Waals surface area contributed by atoms with E-state index in [1.807, 2.05) is 12.1 Å². The molecule has 1 aliphatic rings. The molecule has 0 bridgehead atoms. The fourth-order valence-corrected chi connectivity index (χ4v) is 2.69. The number of rotatable bonds is 4. The van der Waals surface area contributed by atoms with Gasteiger partial charge < -0.3 is 11.1 Å². The number of hydrogen-bond donors (Lipinski definition) is 2. The molecule has 1 aliphatic carbocycles. The summed E-state index contributed by atoms with van der Waals surface area (Å²) in [6, 6.07) is 9.38. The van der Waals surface area contributed by atoms with Crippen molar-refractivity contribution in [2.75, 3.05) is 6.54 Å². The minimum Gasteiger partial charge on any atom is -0.352 e. The Bertz CT molecular complexity index is 481. The lowest BCUT2D eigenvalue weighted by Gasteiger charge is -2.26. The topological polar surface area (TPSA) is 78.9 Å². The number of nitrogens with two attached hydrogens (primary N) is 1. The van der Waals surface area contributed by atoms with Crippen LogP contribution in [0.3, 0.4) is 0 Å². The highest BCUT2D eigenvalue weighted by Crippen LogP contribution is 2.28. The average Bonchev–Trinajstić information content (AvgIpc) is 2.53. The highest BCUT2D eigenvalue weighted by molar-refractivity contribution is 5.78. The van der Waals surface area contributed by atoms with Gasteiger partial charge in [-0.05, 0) is 55.8 Å². The molecule has 0 spiro atoms. The van der Waals surface area contributed by atoms with Gasteiger partial charge in [0.05, 0.1) is 11.6 Å². The SMILES string of the molecule is N#Cc1ccc(CNC(=O)C2CCC(CN)CC2)cc1. The van der Waals surface area contributed by atoms with Crippen LogP contribution in [0, 0.1) is 23.2 Å². The van der Waals surface area contributed by atoms with Crippen LogP contribution in [0.25, 0.3) is 0 Å². The number of nitriles is 1. The zero-order chi connectivity index (χ0) is 14.4. The predicted molar refractivity (Wildman–Crippen MR) is 77.5 cm³/mol. The summed E-state index contributed by atoms with van der Waals surface area (Å²) in [5.74, 6) is 0.874. The Kier molecular flexibility index (Phi) is 5.14. The Morgan fingerprint density at radius 2 is 1.90 bits per heavy atom. The van der Waals surface area contributed by atoms with Gasteiger partial charge >= 0.3 is 0 Å². The molecular formula is C16H21N3O. The van der Waals surface area contributed by atoms with Gasteiger partial charge in [-0.25, -0.2) is 0 Å². The molecule has 0 atom stereocenters. The van der Waals surface area contributed by atoms with E-state index in [9.17, 15) is 4.79 Å². The van der Waals surface area contributed by atoms with Gasteiger partial charge in [0, 0.05) is 12.5 Å². The van der Waals surface area contributed by atoms with Crippen molar-refractivity contribution >= 4 is 5.91 Å². The highest BCUT2D eigenvalue weighted by Gasteiger charge is 2.25. The van der Waals surface area contributed by atoms with Crippen LogP contribution in [0.1, 0.15) is 36.8 Å². The minimum absolute atomic E-state index is 0.135. The summed E-state index contributed by atoms with van der Waals surface area (Å²) in [5, 5.41) is 11.7. The van der Waals surface area contributed by atoms with E-state index in [-0.39, 0.29) is 11.8 Å². The van der Waals surface area contributed by atoms with Crippen LogP contribution in [0.15, 0.2) is 24.3 Å². The monoisotopic (exact) mass is 271 g/mol. The number of benzene rings is 1. The normalized spacial score (nSPS) is 22.0. The molecule has 4 nitrogen and oxygen atoms in total.